The van der Waals surface area contributed by atoms with Gasteiger partial charge in [-0.3, -0.25) is 9.59 Å². The number of carbonyl (C=O) groups is 2. The van der Waals surface area contributed by atoms with E-state index in [9.17, 15) is 24.9 Å². The van der Waals surface area contributed by atoms with Crippen molar-refractivity contribution < 1.29 is 30.0 Å². The Kier molecular flexibility index (Phi) is 10.4. The highest BCUT2D eigenvalue weighted by Crippen LogP contribution is 2.33. The smallest absolute Gasteiger partial charge is 0.303 e. The molecule has 1 rings (SSSR count). The predicted octanol–water partition coefficient (Wildman–Crippen LogP) is 2.22. The van der Waals surface area contributed by atoms with Crippen molar-refractivity contribution in [2.45, 2.75) is 76.6 Å². The summed E-state index contributed by atoms with van der Waals surface area (Å²) in [4.78, 5) is 22.6. The minimum Gasteiger partial charge on any atom is -0.481 e. The molecular formula is C20H32O6. The Hall–Kier alpha value is -1.50. The van der Waals surface area contributed by atoms with Gasteiger partial charge in [0.05, 0.1) is 18.3 Å². The number of unbranched alkanes of at least 4 members (excludes halogenated alkanes) is 1. The molecule has 26 heavy (non-hydrogen) atoms. The fourth-order valence-electron chi connectivity index (χ4n) is 3.23. The van der Waals surface area contributed by atoms with Crippen LogP contribution in [0.1, 0.15) is 58.3 Å². The highest BCUT2D eigenvalue weighted by Gasteiger charge is 2.39. The van der Waals surface area contributed by atoms with E-state index in [0.29, 0.717) is 38.5 Å². The van der Waals surface area contributed by atoms with Crippen LogP contribution in [0.4, 0.5) is 0 Å². The Morgan fingerprint density at radius 1 is 1.23 bits per heavy atom. The number of allylic oxidation sites excluding steroid dienone is 2. The Morgan fingerprint density at radius 2 is 1.96 bits per heavy atom. The van der Waals surface area contributed by atoms with E-state index < -0.39 is 18.2 Å². The van der Waals surface area contributed by atoms with Crippen LogP contribution in [-0.2, 0) is 9.59 Å². The maximum absolute atomic E-state index is 12.1. The summed E-state index contributed by atoms with van der Waals surface area (Å²) < 4.78 is 0. The number of Topliss-reactive ketones (excluding diaryl/α,β-unsaturated/α-hetero) is 1. The van der Waals surface area contributed by atoms with Gasteiger partial charge in [0.15, 0.2) is 0 Å². The lowest BCUT2D eigenvalue weighted by molar-refractivity contribution is -0.137. The third-order valence-electron chi connectivity index (χ3n) is 4.73. The van der Waals surface area contributed by atoms with Gasteiger partial charge in [0.1, 0.15) is 5.78 Å². The first-order chi connectivity index (χ1) is 12.3. The van der Waals surface area contributed by atoms with Crippen molar-refractivity contribution in [3.63, 3.8) is 0 Å². The molecule has 5 atom stereocenters. The lowest BCUT2D eigenvalue weighted by Gasteiger charge is -2.16. The minimum atomic E-state index is -0.815. The van der Waals surface area contributed by atoms with E-state index in [1.807, 2.05) is 12.2 Å². The van der Waals surface area contributed by atoms with Gasteiger partial charge in [-0.25, -0.2) is 0 Å². The molecule has 1 aliphatic carbocycles. The zero-order valence-electron chi connectivity index (χ0n) is 15.5. The largest absolute Gasteiger partial charge is 0.481 e. The van der Waals surface area contributed by atoms with Crippen molar-refractivity contribution >= 4 is 11.8 Å². The van der Waals surface area contributed by atoms with Crippen LogP contribution in [0.5, 0.6) is 0 Å². The third-order valence-corrected chi connectivity index (χ3v) is 4.73. The molecular weight excluding hydrogens is 336 g/mol. The summed E-state index contributed by atoms with van der Waals surface area (Å²) in [5.41, 5.74) is 0. The minimum absolute atomic E-state index is 0.0194. The van der Waals surface area contributed by atoms with Crippen molar-refractivity contribution in [2.24, 2.45) is 11.8 Å². The fraction of sp³-hybridized carbons (Fsp3) is 0.700. The number of hydrogen-bond donors (Lipinski definition) is 4. The number of aliphatic carboxylic acids is 1. The van der Waals surface area contributed by atoms with Gasteiger partial charge in [0.2, 0.25) is 0 Å². The second-order valence-electron chi connectivity index (χ2n) is 7.15. The van der Waals surface area contributed by atoms with Crippen LogP contribution in [0.25, 0.3) is 0 Å². The van der Waals surface area contributed by atoms with Gasteiger partial charge in [-0.15, -0.1) is 0 Å². The van der Waals surface area contributed by atoms with E-state index in [2.05, 4.69) is 0 Å². The lowest BCUT2D eigenvalue weighted by atomic mass is 9.90. The molecule has 1 fully saturated rings. The topological polar surface area (TPSA) is 115 Å². The van der Waals surface area contributed by atoms with E-state index in [4.69, 9.17) is 5.11 Å². The van der Waals surface area contributed by atoms with Crippen molar-refractivity contribution in [2.75, 3.05) is 0 Å². The second kappa shape index (κ2) is 12.0. The average molecular weight is 368 g/mol. The van der Waals surface area contributed by atoms with Crippen molar-refractivity contribution in [3.8, 4) is 0 Å². The molecule has 0 aliphatic heterocycles. The molecule has 5 unspecified atom stereocenters. The number of carboxylic acids is 1. The van der Waals surface area contributed by atoms with Gasteiger partial charge in [-0.05, 0) is 45.4 Å². The number of ketones is 1. The second-order valence-corrected chi connectivity index (χ2v) is 7.15. The van der Waals surface area contributed by atoms with Crippen molar-refractivity contribution in [1.29, 1.82) is 0 Å². The van der Waals surface area contributed by atoms with Crippen LogP contribution < -0.4 is 0 Å². The molecule has 1 aliphatic rings. The molecule has 0 amide bonds. The quantitative estimate of drug-likeness (QED) is 0.310. The maximum atomic E-state index is 12.1. The predicted molar refractivity (Wildman–Crippen MR) is 98.5 cm³/mol. The fourth-order valence-corrected chi connectivity index (χ4v) is 3.23. The van der Waals surface area contributed by atoms with E-state index in [1.54, 1.807) is 19.1 Å². The van der Waals surface area contributed by atoms with Crippen LogP contribution in [0.15, 0.2) is 24.3 Å². The summed E-state index contributed by atoms with van der Waals surface area (Å²) in [5.74, 6) is -1.41. The lowest BCUT2D eigenvalue weighted by Crippen LogP contribution is -2.18. The maximum Gasteiger partial charge on any atom is 0.303 e. The van der Waals surface area contributed by atoms with Crippen LogP contribution in [0.2, 0.25) is 0 Å². The normalized spacial score (nSPS) is 26.0. The molecule has 6 nitrogen and oxygen atoms in total. The average Bonchev–Trinajstić information content (AvgIpc) is 2.81. The highest BCUT2D eigenvalue weighted by molar-refractivity contribution is 5.84. The Bertz CT molecular complexity index is 497. The molecule has 0 aromatic rings. The molecule has 148 valence electrons. The summed E-state index contributed by atoms with van der Waals surface area (Å²) >= 11 is 0. The highest BCUT2D eigenvalue weighted by atomic mass is 16.4. The first-order valence-electron chi connectivity index (χ1n) is 9.43. The Labute approximate surface area is 155 Å². The van der Waals surface area contributed by atoms with Crippen molar-refractivity contribution in [1.82, 2.24) is 0 Å². The summed E-state index contributed by atoms with van der Waals surface area (Å²) in [6, 6.07) is 0. The van der Waals surface area contributed by atoms with E-state index in [0.717, 1.165) is 0 Å². The van der Waals surface area contributed by atoms with Gasteiger partial charge in [-0.1, -0.05) is 24.3 Å². The van der Waals surface area contributed by atoms with Crippen LogP contribution in [0.3, 0.4) is 0 Å². The number of aliphatic hydroxyl groups excluding tert-OH is 3. The standard InChI is InChI=1S/C20H32O6/c1-14(21)7-6-8-15(22)11-12-17-16(18(23)13-19(17)24)9-4-2-3-5-10-20(25)26/h2,4,11-12,14-17,19,21-22,24H,3,5-10,13H2,1H3,(H,25,26)/b4-2+,12-11+. The SMILES string of the molecule is CC(O)CCCC(O)/C=C/C1C(O)CC(=O)C1C/C=C/CCCC(=O)O. The van der Waals surface area contributed by atoms with Gasteiger partial charge >= 0.3 is 5.97 Å². The first kappa shape index (κ1) is 22.5. The molecule has 0 spiro atoms. The molecule has 4 N–H and O–H groups in total. The third kappa shape index (κ3) is 8.74. The molecule has 1 saturated carbocycles. The summed E-state index contributed by atoms with van der Waals surface area (Å²) in [5, 5.41) is 37.9. The van der Waals surface area contributed by atoms with Crippen molar-refractivity contribution in [3.05, 3.63) is 24.3 Å². The number of carboxylic acid groups (broad SMARTS) is 1. The number of carbonyl (C=O) groups excluding carboxylic acids is 1. The van der Waals surface area contributed by atoms with Crippen LogP contribution in [0, 0.1) is 11.8 Å². The zero-order valence-corrected chi connectivity index (χ0v) is 15.5. The Morgan fingerprint density at radius 3 is 2.62 bits per heavy atom. The van der Waals surface area contributed by atoms with Gasteiger partial charge in [0.25, 0.3) is 0 Å². The van der Waals surface area contributed by atoms with E-state index in [1.165, 1.54) is 0 Å². The molecule has 0 heterocycles. The van der Waals surface area contributed by atoms with Gasteiger partial charge in [0, 0.05) is 24.7 Å². The number of rotatable bonds is 12. The molecule has 0 radical (unpaired) electrons. The van der Waals surface area contributed by atoms with E-state index in [-0.39, 0.29) is 36.6 Å². The molecule has 0 aromatic heterocycles. The molecule has 6 heteroatoms. The van der Waals surface area contributed by atoms with E-state index >= 15 is 0 Å². The first-order valence-corrected chi connectivity index (χ1v) is 9.43. The summed E-state index contributed by atoms with van der Waals surface area (Å²) in [6.45, 7) is 1.71. The van der Waals surface area contributed by atoms with Crippen LogP contribution >= 0.6 is 0 Å². The number of hydrogen-bond acceptors (Lipinski definition) is 5. The summed E-state index contributed by atoms with van der Waals surface area (Å²) in [7, 11) is 0. The molecule has 0 saturated heterocycles. The van der Waals surface area contributed by atoms with Crippen LogP contribution in [-0.4, -0.2) is 50.5 Å². The van der Waals surface area contributed by atoms with Gasteiger partial charge < -0.3 is 20.4 Å². The molecule has 0 bridgehead atoms. The summed E-state index contributed by atoms with van der Waals surface area (Å²) in [6.07, 6.45) is 9.23. The number of aliphatic hydroxyl groups is 3. The Balaban J connectivity index is 2.47. The molecule has 0 aromatic carbocycles. The monoisotopic (exact) mass is 368 g/mol. The zero-order chi connectivity index (χ0) is 19.5. The van der Waals surface area contributed by atoms with Gasteiger partial charge in [-0.2, -0.15) is 0 Å².